The number of nitrogens with zero attached hydrogens (tertiary/aromatic N) is 2. The van der Waals surface area contributed by atoms with Crippen molar-refractivity contribution in [2.75, 3.05) is 19.6 Å². The van der Waals surface area contributed by atoms with E-state index in [9.17, 15) is 9.18 Å². The summed E-state index contributed by atoms with van der Waals surface area (Å²) in [5.41, 5.74) is 1.42. The smallest absolute Gasteiger partial charge is 0.170 e. The molecule has 2 heterocycles. The Balaban J connectivity index is 0.00000161. The van der Waals surface area contributed by atoms with E-state index in [0.717, 1.165) is 37.0 Å². The molecule has 1 aliphatic rings. The normalized spacial score (nSPS) is 16.9. The van der Waals surface area contributed by atoms with Gasteiger partial charge in [0, 0.05) is 17.4 Å². The third-order valence-corrected chi connectivity index (χ3v) is 3.88. The van der Waals surface area contributed by atoms with E-state index in [4.69, 9.17) is 4.52 Å². The predicted molar refractivity (Wildman–Crippen MR) is 80.3 cm³/mol. The Morgan fingerprint density at radius 1 is 1.43 bits per heavy atom. The van der Waals surface area contributed by atoms with Gasteiger partial charge in [-0.25, -0.2) is 4.39 Å². The lowest BCUT2D eigenvalue weighted by atomic mass is 9.91. The van der Waals surface area contributed by atoms with Gasteiger partial charge >= 0.3 is 0 Å². The van der Waals surface area contributed by atoms with Crippen LogP contribution >= 0.6 is 12.4 Å². The lowest BCUT2D eigenvalue weighted by molar-refractivity contribution is -0.118. The van der Waals surface area contributed by atoms with Crippen LogP contribution in [0.3, 0.4) is 0 Å². The number of carbonyl (C=O) groups is 1. The van der Waals surface area contributed by atoms with Gasteiger partial charge in [-0.3, -0.25) is 9.69 Å². The second-order valence-electron chi connectivity index (χ2n) is 5.46. The molecule has 0 aliphatic carbocycles. The zero-order chi connectivity index (χ0) is 14.1. The van der Waals surface area contributed by atoms with E-state index in [2.05, 4.69) is 10.1 Å². The predicted octanol–water partition coefficient (Wildman–Crippen LogP) is 3.16. The number of ketones is 1. The first-order valence-electron chi connectivity index (χ1n) is 6.90. The maximum atomic E-state index is 13.1. The van der Waals surface area contributed by atoms with Crippen LogP contribution in [-0.4, -0.2) is 35.5 Å². The van der Waals surface area contributed by atoms with E-state index in [0.29, 0.717) is 18.0 Å². The molecule has 0 unspecified atom stereocenters. The first-order chi connectivity index (χ1) is 9.63. The molecule has 1 fully saturated rings. The number of Topliss-reactive ketones (excluding diaryl/α,β-unsaturated/α-hetero) is 1. The highest BCUT2D eigenvalue weighted by Gasteiger charge is 2.25. The van der Waals surface area contributed by atoms with Crippen LogP contribution < -0.4 is 0 Å². The third-order valence-electron chi connectivity index (χ3n) is 3.88. The Kier molecular flexibility index (Phi) is 4.96. The van der Waals surface area contributed by atoms with E-state index in [-0.39, 0.29) is 24.0 Å². The molecule has 1 aliphatic heterocycles. The number of hydrogen-bond donors (Lipinski definition) is 0. The van der Waals surface area contributed by atoms with Gasteiger partial charge < -0.3 is 4.52 Å². The van der Waals surface area contributed by atoms with Crippen molar-refractivity contribution in [1.82, 2.24) is 10.1 Å². The van der Waals surface area contributed by atoms with Crippen molar-refractivity contribution in [1.29, 1.82) is 0 Å². The Hall–Kier alpha value is -1.46. The molecule has 1 aromatic carbocycles. The van der Waals surface area contributed by atoms with Gasteiger partial charge in [-0.05, 0) is 45.0 Å². The number of halogens is 2. The van der Waals surface area contributed by atoms with Crippen molar-refractivity contribution in [2.24, 2.45) is 0 Å². The lowest BCUT2D eigenvalue weighted by Crippen LogP contribution is -2.36. The van der Waals surface area contributed by atoms with Gasteiger partial charge in [-0.1, -0.05) is 5.16 Å². The van der Waals surface area contributed by atoms with Crippen molar-refractivity contribution in [3.8, 4) is 0 Å². The molecular weight excluding hydrogens is 295 g/mol. The zero-order valence-electron chi connectivity index (χ0n) is 11.8. The molecule has 0 N–H and O–H groups in total. The molecule has 0 spiro atoms. The minimum Gasteiger partial charge on any atom is -0.356 e. The van der Waals surface area contributed by atoms with Crippen molar-refractivity contribution in [3.05, 3.63) is 29.7 Å². The first-order valence-corrected chi connectivity index (χ1v) is 6.90. The minimum atomic E-state index is -0.309. The summed E-state index contributed by atoms with van der Waals surface area (Å²) >= 11 is 0. The van der Waals surface area contributed by atoms with Crippen LogP contribution in [0.25, 0.3) is 11.0 Å². The molecule has 3 rings (SSSR count). The van der Waals surface area contributed by atoms with Crippen molar-refractivity contribution >= 4 is 29.2 Å². The zero-order valence-corrected chi connectivity index (χ0v) is 12.7. The topological polar surface area (TPSA) is 46.3 Å². The van der Waals surface area contributed by atoms with Crippen LogP contribution in [0.5, 0.6) is 0 Å². The summed E-state index contributed by atoms with van der Waals surface area (Å²) in [6.07, 6.45) is 1.90. The standard InChI is InChI=1S/C15H17FN2O2.ClH/c1-10(19)9-18-6-4-11(5-7-18)15-13-3-2-12(16)8-14(13)20-17-15;/h2-3,8,11H,4-7,9H2,1H3;1H. The highest BCUT2D eigenvalue weighted by atomic mass is 35.5. The molecule has 0 amide bonds. The summed E-state index contributed by atoms with van der Waals surface area (Å²) in [5.74, 6) is 0.215. The number of fused-ring (bicyclic) bond motifs is 1. The molecule has 114 valence electrons. The first kappa shape index (κ1) is 15.9. The molecule has 1 saturated heterocycles. The Bertz CT molecular complexity index is 636. The lowest BCUT2D eigenvalue weighted by Gasteiger charge is -2.30. The van der Waals surface area contributed by atoms with E-state index < -0.39 is 0 Å². The summed E-state index contributed by atoms with van der Waals surface area (Å²) in [6, 6.07) is 4.54. The van der Waals surface area contributed by atoms with Gasteiger partial charge in [0.05, 0.1) is 12.2 Å². The van der Waals surface area contributed by atoms with E-state index >= 15 is 0 Å². The van der Waals surface area contributed by atoms with Gasteiger partial charge in [0.2, 0.25) is 0 Å². The summed E-state index contributed by atoms with van der Waals surface area (Å²) < 4.78 is 18.4. The molecule has 0 bridgehead atoms. The van der Waals surface area contributed by atoms with E-state index in [1.807, 2.05) is 0 Å². The van der Waals surface area contributed by atoms with Crippen LogP contribution in [0, 0.1) is 5.82 Å². The Morgan fingerprint density at radius 2 is 2.14 bits per heavy atom. The Labute approximate surface area is 128 Å². The van der Waals surface area contributed by atoms with Crippen LogP contribution in [0.1, 0.15) is 31.4 Å². The SMILES string of the molecule is CC(=O)CN1CCC(c2noc3cc(F)ccc23)CC1.Cl. The fraction of sp³-hybridized carbons (Fsp3) is 0.467. The Morgan fingerprint density at radius 3 is 2.81 bits per heavy atom. The quantitative estimate of drug-likeness (QED) is 0.873. The summed E-state index contributed by atoms with van der Waals surface area (Å²) in [7, 11) is 0. The van der Waals surface area contributed by atoms with E-state index in [1.54, 1.807) is 13.0 Å². The fourth-order valence-electron chi connectivity index (χ4n) is 2.90. The molecule has 1 aromatic heterocycles. The summed E-state index contributed by atoms with van der Waals surface area (Å²) in [5, 5.41) is 5.02. The maximum Gasteiger partial charge on any atom is 0.170 e. The molecule has 0 saturated carbocycles. The van der Waals surface area contributed by atoms with Crippen molar-refractivity contribution < 1.29 is 13.7 Å². The van der Waals surface area contributed by atoms with Crippen LogP contribution in [-0.2, 0) is 4.79 Å². The highest BCUT2D eigenvalue weighted by Crippen LogP contribution is 2.32. The van der Waals surface area contributed by atoms with Gasteiger partial charge in [0.25, 0.3) is 0 Å². The molecular formula is C15H18ClFN2O2. The largest absolute Gasteiger partial charge is 0.356 e. The second kappa shape index (κ2) is 6.54. The average Bonchev–Trinajstić information content (AvgIpc) is 2.82. The van der Waals surface area contributed by atoms with Gasteiger partial charge in [0.1, 0.15) is 11.6 Å². The summed E-state index contributed by atoms with van der Waals surface area (Å²) in [4.78, 5) is 13.3. The van der Waals surface area contributed by atoms with Crippen molar-refractivity contribution in [3.63, 3.8) is 0 Å². The fourth-order valence-corrected chi connectivity index (χ4v) is 2.90. The van der Waals surface area contributed by atoms with Crippen molar-refractivity contribution in [2.45, 2.75) is 25.7 Å². The molecule has 21 heavy (non-hydrogen) atoms. The number of hydrogen-bond acceptors (Lipinski definition) is 4. The molecule has 6 heteroatoms. The number of likely N-dealkylation sites (tertiary alicyclic amines) is 1. The van der Waals surface area contributed by atoms with Gasteiger partial charge in [-0.15, -0.1) is 12.4 Å². The van der Waals surface area contributed by atoms with Crippen LogP contribution in [0.2, 0.25) is 0 Å². The monoisotopic (exact) mass is 312 g/mol. The summed E-state index contributed by atoms with van der Waals surface area (Å²) in [6.45, 7) is 3.92. The van der Waals surface area contributed by atoms with E-state index in [1.165, 1.54) is 12.1 Å². The number of aromatic nitrogens is 1. The van der Waals surface area contributed by atoms with Crippen LogP contribution in [0.4, 0.5) is 4.39 Å². The third kappa shape index (κ3) is 3.41. The van der Waals surface area contributed by atoms with Gasteiger partial charge in [0.15, 0.2) is 5.58 Å². The molecule has 0 radical (unpaired) electrons. The maximum absolute atomic E-state index is 13.1. The van der Waals surface area contributed by atoms with Crippen LogP contribution in [0.15, 0.2) is 22.7 Å². The number of rotatable bonds is 3. The molecule has 0 atom stereocenters. The average molecular weight is 313 g/mol. The van der Waals surface area contributed by atoms with Gasteiger partial charge in [-0.2, -0.15) is 0 Å². The minimum absolute atomic E-state index is 0. The second-order valence-corrected chi connectivity index (χ2v) is 5.46. The molecule has 2 aromatic rings. The highest BCUT2D eigenvalue weighted by molar-refractivity contribution is 5.85. The number of piperidine rings is 1. The number of carbonyl (C=O) groups excluding carboxylic acids is 1. The number of benzene rings is 1. The molecule has 4 nitrogen and oxygen atoms in total.